The molecule has 6 heteroatoms. The molecule has 0 radical (unpaired) electrons. The molecule has 1 aromatic carbocycles. The highest BCUT2D eigenvalue weighted by Crippen LogP contribution is 2.35. The van der Waals surface area contributed by atoms with Gasteiger partial charge in [-0.3, -0.25) is 4.98 Å². The lowest BCUT2D eigenvalue weighted by molar-refractivity contribution is 0.198. The van der Waals surface area contributed by atoms with Gasteiger partial charge < -0.3 is 4.90 Å². The van der Waals surface area contributed by atoms with Gasteiger partial charge in [0.05, 0.1) is 12.2 Å². The molecule has 5 nitrogen and oxygen atoms in total. The second-order valence-corrected chi connectivity index (χ2v) is 6.90. The van der Waals surface area contributed by atoms with Gasteiger partial charge in [0, 0.05) is 35.6 Å². The molecule has 1 aliphatic heterocycles. The first-order valence-corrected chi connectivity index (χ1v) is 9.54. The van der Waals surface area contributed by atoms with Gasteiger partial charge >= 0.3 is 6.03 Å². The number of hydrogen-bond donors (Lipinski definition) is 0. The fourth-order valence-corrected chi connectivity index (χ4v) is 3.53. The van der Waals surface area contributed by atoms with Crippen LogP contribution in [0.25, 0.3) is 0 Å². The van der Waals surface area contributed by atoms with Crippen LogP contribution in [-0.4, -0.2) is 27.2 Å². The Balaban J connectivity index is 1.74. The van der Waals surface area contributed by atoms with E-state index < -0.39 is 0 Å². The largest absolute Gasteiger partial charge is 0.330 e. The number of carbonyl (C=O) groups is 1. The lowest BCUT2D eigenvalue weighted by Crippen LogP contribution is -2.44. The van der Waals surface area contributed by atoms with E-state index in [-0.39, 0.29) is 6.03 Å². The van der Waals surface area contributed by atoms with Crippen LogP contribution in [0, 0.1) is 0 Å². The van der Waals surface area contributed by atoms with Gasteiger partial charge in [0.15, 0.2) is 0 Å². The molecule has 2 aromatic heterocycles. The number of fused-ring (bicyclic) bond motifs is 1. The first-order valence-electron chi connectivity index (χ1n) is 8.32. The Hall–Kier alpha value is -2.86. The normalized spacial score (nSPS) is 13.7. The highest BCUT2D eigenvalue weighted by atomic mass is 32.2. The van der Waals surface area contributed by atoms with Crippen molar-refractivity contribution in [2.45, 2.75) is 18.0 Å². The van der Waals surface area contributed by atoms with Crippen LogP contribution in [0.15, 0.2) is 72.0 Å². The molecule has 1 aliphatic rings. The van der Waals surface area contributed by atoms with E-state index in [1.54, 1.807) is 35.3 Å². The van der Waals surface area contributed by atoms with Crippen LogP contribution in [-0.2, 0) is 13.1 Å². The summed E-state index contributed by atoms with van der Waals surface area (Å²) < 4.78 is 0. The van der Waals surface area contributed by atoms with Gasteiger partial charge in [0.1, 0.15) is 5.82 Å². The third-order valence-corrected chi connectivity index (χ3v) is 5.04. The number of nitrogens with zero attached hydrogens (tertiary/aromatic N) is 4. The molecule has 0 N–H and O–H groups in total. The molecule has 130 valence electrons. The number of aromatic nitrogens is 2. The Morgan fingerprint density at radius 1 is 1.12 bits per heavy atom. The number of benzene rings is 1. The monoisotopic (exact) mass is 362 g/mol. The van der Waals surface area contributed by atoms with Crippen molar-refractivity contribution in [2.75, 3.05) is 11.2 Å². The van der Waals surface area contributed by atoms with Gasteiger partial charge in [-0.05, 0) is 42.2 Å². The fourth-order valence-electron chi connectivity index (χ4n) is 3.08. The number of carbonyl (C=O) groups excluding carboxylic acids is 1. The van der Waals surface area contributed by atoms with Crippen molar-refractivity contribution < 1.29 is 4.79 Å². The van der Waals surface area contributed by atoms with Gasteiger partial charge in [0.2, 0.25) is 0 Å². The minimum atomic E-state index is -0.0710. The van der Waals surface area contributed by atoms with Gasteiger partial charge in [-0.2, -0.15) is 0 Å². The Kier molecular flexibility index (Phi) is 4.58. The molecule has 0 aliphatic carbocycles. The summed E-state index contributed by atoms with van der Waals surface area (Å²) in [6.45, 7) is 1.05. The van der Waals surface area contributed by atoms with Crippen LogP contribution in [0.2, 0.25) is 0 Å². The topological polar surface area (TPSA) is 49.3 Å². The fraction of sp³-hybridized carbons (Fsp3) is 0.150. The third kappa shape index (κ3) is 3.15. The van der Waals surface area contributed by atoms with E-state index in [2.05, 4.69) is 9.97 Å². The van der Waals surface area contributed by atoms with Gasteiger partial charge in [0.25, 0.3) is 0 Å². The average Bonchev–Trinajstić information content (AvgIpc) is 2.69. The van der Waals surface area contributed by atoms with E-state index in [0.717, 1.165) is 21.7 Å². The van der Waals surface area contributed by atoms with E-state index in [1.807, 2.05) is 59.7 Å². The Morgan fingerprint density at radius 2 is 2.00 bits per heavy atom. The summed E-state index contributed by atoms with van der Waals surface area (Å²) in [7, 11) is 0. The number of anilines is 2. The zero-order valence-corrected chi connectivity index (χ0v) is 15.2. The Bertz CT molecular complexity index is 932. The summed E-state index contributed by atoms with van der Waals surface area (Å²) in [6.07, 6.45) is 7.29. The predicted octanol–water partition coefficient (Wildman–Crippen LogP) is 4.47. The SMILES string of the molecule is CSc1cccc(N2C(=O)N(Cc3cccnc3)Cc3cccnc32)c1. The second kappa shape index (κ2) is 7.17. The minimum absolute atomic E-state index is 0.0710. The summed E-state index contributed by atoms with van der Waals surface area (Å²) in [4.78, 5) is 26.6. The standard InChI is InChI=1S/C20H18N4OS/c1-26-18-8-2-7-17(11-18)24-19-16(6-4-10-22-19)14-23(20(24)25)13-15-5-3-9-21-12-15/h2-12H,13-14H2,1H3. The molecule has 0 spiro atoms. The molecule has 0 atom stereocenters. The van der Waals surface area contributed by atoms with Crippen LogP contribution in [0.1, 0.15) is 11.1 Å². The maximum atomic E-state index is 13.3. The summed E-state index contributed by atoms with van der Waals surface area (Å²) >= 11 is 1.65. The van der Waals surface area contributed by atoms with Gasteiger partial charge in [-0.15, -0.1) is 11.8 Å². The first kappa shape index (κ1) is 16.6. The third-order valence-electron chi connectivity index (χ3n) is 4.31. The maximum absolute atomic E-state index is 13.3. The van der Waals surface area contributed by atoms with Crippen LogP contribution >= 0.6 is 11.8 Å². The van der Waals surface area contributed by atoms with Crippen LogP contribution in [0.3, 0.4) is 0 Å². The van der Waals surface area contributed by atoms with E-state index in [9.17, 15) is 4.79 Å². The molecular formula is C20H18N4OS. The summed E-state index contributed by atoms with van der Waals surface area (Å²) in [6, 6.07) is 15.7. The number of rotatable bonds is 4. The van der Waals surface area contributed by atoms with Crippen LogP contribution in [0.5, 0.6) is 0 Å². The van der Waals surface area contributed by atoms with Crippen molar-refractivity contribution in [3.05, 3.63) is 78.2 Å². The molecule has 4 rings (SSSR count). The number of amides is 2. The molecule has 3 heterocycles. The Morgan fingerprint density at radius 3 is 2.81 bits per heavy atom. The summed E-state index contributed by atoms with van der Waals surface area (Å²) in [5.41, 5.74) is 2.87. The molecule has 0 saturated carbocycles. The summed E-state index contributed by atoms with van der Waals surface area (Å²) in [5, 5.41) is 0. The molecule has 0 fully saturated rings. The Labute approximate surface area is 156 Å². The lowest BCUT2D eigenvalue weighted by atomic mass is 10.1. The van der Waals surface area contributed by atoms with Crippen LogP contribution in [0.4, 0.5) is 16.3 Å². The number of pyridine rings is 2. The molecule has 3 aromatic rings. The van der Waals surface area contributed by atoms with E-state index >= 15 is 0 Å². The van der Waals surface area contributed by atoms with E-state index in [1.165, 1.54) is 0 Å². The number of urea groups is 1. The molecular weight excluding hydrogens is 344 g/mol. The quantitative estimate of drug-likeness (QED) is 0.643. The minimum Gasteiger partial charge on any atom is -0.315 e. The van der Waals surface area contributed by atoms with Crippen molar-refractivity contribution in [2.24, 2.45) is 0 Å². The van der Waals surface area contributed by atoms with Gasteiger partial charge in [-0.1, -0.05) is 18.2 Å². The lowest BCUT2D eigenvalue weighted by Gasteiger charge is -2.36. The van der Waals surface area contributed by atoms with Crippen molar-refractivity contribution in [3.8, 4) is 0 Å². The summed E-state index contributed by atoms with van der Waals surface area (Å²) in [5.74, 6) is 0.707. The first-order chi connectivity index (χ1) is 12.8. The van der Waals surface area contributed by atoms with Crippen molar-refractivity contribution in [1.82, 2.24) is 14.9 Å². The highest BCUT2D eigenvalue weighted by molar-refractivity contribution is 7.98. The average molecular weight is 362 g/mol. The molecule has 0 unspecified atom stereocenters. The number of thioether (sulfide) groups is 1. The molecule has 0 bridgehead atoms. The molecule has 0 saturated heterocycles. The smallest absolute Gasteiger partial charge is 0.315 e. The van der Waals surface area contributed by atoms with Crippen molar-refractivity contribution >= 4 is 29.3 Å². The molecule has 26 heavy (non-hydrogen) atoms. The van der Waals surface area contributed by atoms with E-state index in [0.29, 0.717) is 18.9 Å². The van der Waals surface area contributed by atoms with E-state index in [4.69, 9.17) is 0 Å². The highest BCUT2D eigenvalue weighted by Gasteiger charge is 2.32. The predicted molar refractivity (Wildman–Crippen MR) is 103 cm³/mol. The second-order valence-electron chi connectivity index (χ2n) is 6.02. The van der Waals surface area contributed by atoms with Crippen LogP contribution < -0.4 is 4.90 Å². The zero-order chi connectivity index (χ0) is 17.9. The van der Waals surface area contributed by atoms with Crippen molar-refractivity contribution in [1.29, 1.82) is 0 Å². The maximum Gasteiger partial charge on any atom is 0.330 e. The van der Waals surface area contributed by atoms with Gasteiger partial charge in [-0.25, -0.2) is 14.7 Å². The zero-order valence-electron chi connectivity index (χ0n) is 14.4. The number of hydrogen-bond acceptors (Lipinski definition) is 4. The van der Waals surface area contributed by atoms with Crippen molar-refractivity contribution in [3.63, 3.8) is 0 Å². The molecule has 2 amide bonds.